The van der Waals surface area contributed by atoms with E-state index in [2.05, 4.69) is 57.9 Å². The number of hydrogen-bond acceptors (Lipinski definition) is 6. The van der Waals surface area contributed by atoms with Gasteiger partial charge in [-0.1, -0.05) is 74.5 Å². The molecule has 45 heavy (non-hydrogen) atoms. The highest BCUT2D eigenvalue weighted by molar-refractivity contribution is 5.97. The lowest BCUT2D eigenvalue weighted by molar-refractivity contribution is -0.123. The number of nitrogens with one attached hydrogen (secondary N) is 3. The molecule has 8 heteroatoms. The highest BCUT2D eigenvalue weighted by atomic mass is 16.3. The summed E-state index contributed by atoms with van der Waals surface area (Å²) in [5, 5.41) is 21.3. The average molecular weight is 610 g/mol. The number of amides is 2. The van der Waals surface area contributed by atoms with E-state index in [0.29, 0.717) is 44.0 Å². The molecule has 1 heterocycles. The van der Waals surface area contributed by atoms with Crippen LogP contribution in [0.5, 0.6) is 0 Å². The quantitative estimate of drug-likeness (QED) is 0.131. The van der Waals surface area contributed by atoms with Crippen LogP contribution in [0.1, 0.15) is 66.8 Å². The molecule has 0 radical (unpaired) electrons. The number of pyridine rings is 1. The van der Waals surface area contributed by atoms with Crippen molar-refractivity contribution >= 4 is 22.6 Å². The number of rotatable bonds is 17. The maximum atomic E-state index is 13.7. The summed E-state index contributed by atoms with van der Waals surface area (Å²) in [7, 11) is 0. The molecule has 4 aromatic rings. The molecule has 0 unspecified atom stereocenters. The van der Waals surface area contributed by atoms with Crippen molar-refractivity contribution in [2.75, 3.05) is 26.2 Å². The second-order valence-corrected chi connectivity index (χ2v) is 12.0. The fourth-order valence-electron chi connectivity index (χ4n) is 5.61. The summed E-state index contributed by atoms with van der Waals surface area (Å²) in [4.78, 5) is 33.6. The van der Waals surface area contributed by atoms with Crippen LogP contribution in [0, 0.1) is 5.92 Å². The first kappa shape index (κ1) is 33.8. The molecule has 8 nitrogen and oxygen atoms in total. The molecule has 0 aliphatic carbocycles. The summed E-state index contributed by atoms with van der Waals surface area (Å²) in [5.74, 6) is -0.0304. The molecule has 0 saturated heterocycles. The van der Waals surface area contributed by atoms with Crippen molar-refractivity contribution in [3.8, 4) is 0 Å². The van der Waals surface area contributed by atoms with Gasteiger partial charge in [0.2, 0.25) is 5.91 Å². The molecule has 4 N–H and O–H groups in total. The minimum Gasteiger partial charge on any atom is -0.395 e. The van der Waals surface area contributed by atoms with Crippen LogP contribution in [0.4, 0.5) is 0 Å². The van der Waals surface area contributed by atoms with Crippen LogP contribution in [0.2, 0.25) is 0 Å². The van der Waals surface area contributed by atoms with Crippen LogP contribution in [0.3, 0.4) is 0 Å². The molecule has 238 valence electrons. The summed E-state index contributed by atoms with van der Waals surface area (Å²) < 4.78 is 0. The predicted octanol–water partition coefficient (Wildman–Crippen LogP) is 5.23. The number of aromatic nitrogens is 1. The molecule has 4 rings (SSSR count). The second-order valence-electron chi connectivity index (χ2n) is 12.0. The monoisotopic (exact) mass is 609 g/mol. The zero-order valence-electron chi connectivity index (χ0n) is 26.7. The fraction of sp³-hybridized carbons (Fsp3) is 0.378. The average Bonchev–Trinajstić information content (AvgIpc) is 3.04. The number of aliphatic hydroxyl groups is 1. The van der Waals surface area contributed by atoms with Gasteiger partial charge in [0.15, 0.2) is 0 Å². The van der Waals surface area contributed by atoms with Gasteiger partial charge in [0.1, 0.15) is 6.04 Å². The van der Waals surface area contributed by atoms with E-state index in [0.717, 1.165) is 40.7 Å². The normalized spacial score (nSPS) is 12.8. The second kappa shape index (κ2) is 17.4. The number of nitrogens with zero attached hydrogens (tertiary/aromatic N) is 2. The van der Waals surface area contributed by atoms with Crippen LogP contribution >= 0.6 is 0 Å². The standard InChI is InChI=1S/C37H47N5O3/c1-27(2)26-42(22-23-43)21-9-15-35(37(45)40-28(3)33-14-8-11-30-10-4-5-13-34(30)33)41-36(44)31-18-16-29(17-19-31)24-38-25-32-12-6-7-20-39-32/h4-8,10-14,16-20,27-28,35,38,43H,9,15,21-26H2,1-3H3,(H,40,45)(H,41,44)/t28-,35-/m0/s1. The Morgan fingerprint density at radius 1 is 0.844 bits per heavy atom. The van der Waals surface area contributed by atoms with E-state index < -0.39 is 6.04 Å². The minimum absolute atomic E-state index is 0.0879. The summed E-state index contributed by atoms with van der Waals surface area (Å²) >= 11 is 0. The first-order valence-electron chi connectivity index (χ1n) is 16.0. The van der Waals surface area contributed by atoms with E-state index in [4.69, 9.17) is 0 Å². The van der Waals surface area contributed by atoms with Gasteiger partial charge in [0, 0.05) is 37.9 Å². The van der Waals surface area contributed by atoms with Gasteiger partial charge in [-0.05, 0) is 78.4 Å². The Morgan fingerprint density at radius 3 is 2.33 bits per heavy atom. The molecule has 2 amide bonds. The first-order valence-corrected chi connectivity index (χ1v) is 16.0. The van der Waals surface area contributed by atoms with Crippen molar-refractivity contribution in [2.45, 2.75) is 58.8 Å². The lowest BCUT2D eigenvalue weighted by atomic mass is 9.99. The van der Waals surface area contributed by atoms with Gasteiger partial charge in [-0.2, -0.15) is 0 Å². The molecule has 0 spiro atoms. The largest absolute Gasteiger partial charge is 0.395 e. The van der Waals surface area contributed by atoms with Gasteiger partial charge in [-0.3, -0.25) is 14.6 Å². The van der Waals surface area contributed by atoms with E-state index in [1.807, 2.05) is 61.5 Å². The van der Waals surface area contributed by atoms with E-state index in [9.17, 15) is 14.7 Å². The van der Waals surface area contributed by atoms with Gasteiger partial charge >= 0.3 is 0 Å². The fourth-order valence-corrected chi connectivity index (χ4v) is 5.61. The third-order valence-electron chi connectivity index (χ3n) is 7.85. The van der Waals surface area contributed by atoms with E-state index in [1.165, 1.54) is 0 Å². The Kier molecular flexibility index (Phi) is 13.1. The highest BCUT2D eigenvalue weighted by Gasteiger charge is 2.24. The van der Waals surface area contributed by atoms with Gasteiger partial charge in [-0.25, -0.2) is 0 Å². The van der Waals surface area contributed by atoms with Crippen molar-refractivity contribution in [3.63, 3.8) is 0 Å². The van der Waals surface area contributed by atoms with Crippen molar-refractivity contribution in [1.82, 2.24) is 25.8 Å². The Labute approximate surface area is 267 Å². The summed E-state index contributed by atoms with van der Waals surface area (Å²) in [6.07, 6.45) is 2.96. The van der Waals surface area contributed by atoms with Crippen molar-refractivity contribution in [2.24, 2.45) is 5.92 Å². The van der Waals surface area contributed by atoms with Crippen LogP contribution < -0.4 is 16.0 Å². The molecule has 0 bridgehead atoms. The number of carbonyl (C=O) groups excluding carboxylic acids is 2. The number of hydrogen-bond donors (Lipinski definition) is 4. The SMILES string of the molecule is CC(C)CN(CCO)CCC[C@H](NC(=O)c1ccc(CNCc2ccccn2)cc1)C(=O)N[C@@H](C)c1cccc2ccccc12. The molecule has 3 aromatic carbocycles. The van der Waals surface area contributed by atoms with Crippen molar-refractivity contribution in [3.05, 3.63) is 114 Å². The first-order chi connectivity index (χ1) is 21.8. The third kappa shape index (κ3) is 10.5. The summed E-state index contributed by atoms with van der Waals surface area (Å²) in [5.41, 5.74) is 3.56. The minimum atomic E-state index is -0.704. The lowest BCUT2D eigenvalue weighted by Crippen LogP contribution is -2.47. The molecular formula is C37H47N5O3. The molecule has 0 saturated carbocycles. The molecule has 1 aromatic heterocycles. The maximum absolute atomic E-state index is 13.7. The number of carbonyl (C=O) groups is 2. The smallest absolute Gasteiger partial charge is 0.251 e. The van der Waals surface area contributed by atoms with Crippen molar-refractivity contribution < 1.29 is 14.7 Å². The number of benzene rings is 3. The predicted molar refractivity (Wildman–Crippen MR) is 181 cm³/mol. The maximum Gasteiger partial charge on any atom is 0.251 e. The summed E-state index contributed by atoms with van der Waals surface area (Å²) in [6, 6.07) is 26.6. The Hall–Kier alpha value is -4.11. The highest BCUT2D eigenvalue weighted by Crippen LogP contribution is 2.24. The number of fused-ring (bicyclic) bond motifs is 1. The molecule has 0 aliphatic rings. The summed E-state index contributed by atoms with van der Waals surface area (Å²) in [6.45, 7) is 9.86. The number of aliphatic hydroxyl groups excluding tert-OH is 1. The Morgan fingerprint density at radius 2 is 1.60 bits per heavy atom. The van der Waals surface area contributed by atoms with Crippen LogP contribution in [0.15, 0.2) is 91.1 Å². The molecular weight excluding hydrogens is 562 g/mol. The third-order valence-corrected chi connectivity index (χ3v) is 7.85. The van der Waals surface area contributed by atoms with Crippen LogP contribution in [-0.4, -0.2) is 59.1 Å². The molecule has 2 atom stereocenters. The molecule has 0 aliphatic heterocycles. The van der Waals surface area contributed by atoms with E-state index >= 15 is 0 Å². The molecule has 0 fully saturated rings. The Bertz CT molecular complexity index is 1490. The van der Waals surface area contributed by atoms with Gasteiger partial charge in [-0.15, -0.1) is 0 Å². The van der Waals surface area contributed by atoms with Gasteiger partial charge in [0.05, 0.1) is 18.3 Å². The van der Waals surface area contributed by atoms with Gasteiger partial charge < -0.3 is 26.0 Å². The van der Waals surface area contributed by atoms with Crippen LogP contribution in [-0.2, 0) is 17.9 Å². The van der Waals surface area contributed by atoms with E-state index in [1.54, 1.807) is 18.3 Å². The van der Waals surface area contributed by atoms with Crippen LogP contribution in [0.25, 0.3) is 10.8 Å². The Balaban J connectivity index is 1.41. The lowest BCUT2D eigenvalue weighted by Gasteiger charge is -2.26. The zero-order valence-corrected chi connectivity index (χ0v) is 26.7. The van der Waals surface area contributed by atoms with Gasteiger partial charge in [0.25, 0.3) is 5.91 Å². The topological polar surface area (TPSA) is 107 Å². The van der Waals surface area contributed by atoms with E-state index in [-0.39, 0.29) is 24.5 Å². The zero-order chi connectivity index (χ0) is 32.0. The van der Waals surface area contributed by atoms with Crippen molar-refractivity contribution in [1.29, 1.82) is 0 Å².